The van der Waals surface area contributed by atoms with Gasteiger partial charge in [0.25, 0.3) is 5.91 Å². The predicted molar refractivity (Wildman–Crippen MR) is 81.0 cm³/mol. The number of aromatic nitrogens is 2. The standard InChI is InChI=1S/C15H19N5O/c1-19-7-11-4-3-10(19)8-20(11)15(21)14-12-6-9(16)2-5-13(12)17-18-14/h2,5-6,10-11H,3-4,7-8,16H2,1H3,(H,17,18). The van der Waals surface area contributed by atoms with Crippen molar-refractivity contribution in [2.45, 2.75) is 24.9 Å². The highest BCUT2D eigenvalue weighted by molar-refractivity contribution is 6.05. The molecular weight excluding hydrogens is 266 g/mol. The largest absolute Gasteiger partial charge is 0.399 e. The van der Waals surface area contributed by atoms with Crippen LogP contribution in [0, 0.1) is 0 Å². The normalized spacial score (nSPS) is 25.7. The van der Waals surface area contributed by atoms with E-state index in [0.29, 0.717) is 23.5 Å². The third kappa shape index (κ3) is 1.90. The van der Waals surface area contributed by atoms with Crippen molar-refractivity contribution in [3.05, 3.63) is 23.9 Å². The fourth-order valence-electron chi connectivity index (χ4n) is 3.62. The molecule has 3 fully saturated rings. The number of likely N-dealkylation sites (N-methyl/N-ethyl adjacent to an activating group) is 1. The first-order chi connectivity index (χ1) is 10.1. The molecule has 3 N–H and O–H groups in total. The van der Waals surface area contributed by atoms with Crippen LogP contribution in [-0.2, 0) is 0 Å². The highest BCUT2D eigenvalue weighted by Crippen LogP contribution is 2.30. The molecule has 5 rings (SSSR count). The number of nitrogens with zero attached hydrogens (tertiary/aromatic N) is 3. The lowest BCUT2D eigenvalue weighted by atomic mass is 9.91. The SMILES string of the molecule is CN1CC2CCC1CN2C(=O)c1n[nH]c2ccc(N)cc12. The first-order valence-corrected chi connectivity index (χ1v) is 7.38. The lowest BCUT2D eigenvalue weighted by molar-refractivity contribution is -0.000327. The maximum atomic E-state index is 12.9. The van der Waals surface area contributed by atoms with Gasteiger partial charge in [-0.05, 0) is 38.1 Å². The summed E-state index contributed by atoms with van der Waals surface area (Å²) in [6.07, 6.45) is 2.27. The number of rotatable bonds is 1. The van der Waals surface area contributed by atoms with Crippen LogP contribution in [0.1, 0.15) is 23.3 Å². The van der Waals surface area contributed by atoms with Gasteiger partial charge in [0.05, 0.1) is 5.52 Å². The van der Waals surface area contributed by atoms with Gasteiger partial charge in [-0.25, -0.2) is 0 Å². The van der Waals surface area contributed by atoms with Crippen LogP contribution < -0.4 is 5.73 Å². The van der Waals surface area contributed by atoms with Crippen LogP contribution in [0.4, 0.5) is 5.69 Å². The predicted octanol–water partition coefficient (Wildman–Crippen LogP) is 1.06. The summed E-state index contributed by atoms with van der Waals surface area (Å²) in [5, 5.41) is 7.97. The van der Waals surface area contributed by atoms with Crippen molar-refractivity contribution in [2.24, 2.45) is 0 Å². The second kappa shape index (κ2) is 4.46. The molecule has 3 saturated heterocycles. The molecule has 2 atom stereocenters. The molecule has 2 unspecified atom stereocenters. The summed E-state index contributed by atoms with van der Waals surface area (Å²) in [7, 11) is 2.14. The Bertz CT molecular complexity index is 709. The lowest BCUT2D eigenvalue weighted by Crippen LogP contribution is -2.62. The van der Waals surface area contributed by atoms with Crippen molar-refractivity contribution >= 4 is 22.5 Å². The molecule has 2 aromatic rings. The summed E-state index contributed by atoms with van der Waals surface area (Å²) >= 11 is 0. The Morgan fingerprint density at radius 2 is 2.14 bits per heavy atom. The number of hydrogen-bond donors (Lipinski definition) is 2. The van der Waals surface area contributed by atoms with E-state index in [1.165, 1.54) is 6.42 Å². The second-order valence-corrected chi connectivity index (χ2v) is 6.16. The van der Waals surface area contributed by atoms with Crippen molar-refractivity contribution in [2.75, 3.05) is 25.9 Å². The fourth-order valence-corrected chi connectivity index (χ4v) is 3.62. The third-order valence-electron chi connectivity index (χ3n) is 4.85. The zero-order chi connectivity index (χ0) is 14.6. The Labute approximate surface area is 122 Å². The molecule has 21 heavy (non-hydrogen) atoms. The minimum Gasteiger partial charge on any atom is -0.399 e. The number of nitrogens with two attached hydrogens (primary N) is 1. The van der Waals surface area contributed by atoms with E-state index in [2.05, 4.69) is 22.1 Å². The van der Waals surface area contributed by atoms with Crippen molar-refractivity contribution in [1.29, 1.82) is 0 Å². The number of hydrogen-bond acceptors (Lipinski definition) is 4. The molecule has 1 amide bonds. The van der Waals surface area contributed by atoms with Crippen molar-refractivity contribution in [3.63, 3.8) is 0 Å². The van der Waals surface area contributed by atoms with E-state index in [1.807, 2.05) is 23.1 Å². The van der Waals surface area contributed by atoms with Gasteiger partial charge in [0.15, 0.2) is 5.69 Å². The van der Waals surface area contributed by atoms with Gasteiger partial charge in [-0.15, -0.1) is 0 Å². The van der Waals surface area contributed by atoms with Gasteiger partial charge in [-0.3, -0.25) is 14.8 Å². The number of fused-ring (bicyclic) bond motifs is 4. The average molecular weight is 285 g/mol. The Morgan fingerprint density at radius 3 is 2.86 bits per heavy atom. The van der Waals surface area contributed by atoms with Crippen LogP contribution in [0.5, 0.6) is 0 Å². The van der Waals surface area contributed by atoms with E-state index in [9.17, 15) is 4.79 Å². The van der Waals surface area contributed by atoms with E-state index in [4.69, 9.17) is 5.73 Å². The molecule has 6 heteroatoms. The number of aromatic amines is 1. The molecule has 1 aromatic carbocycles. The van der Waals surface area contributed by atoms with Gasteiger partial charge in [0.1, 0.15) is 0 Å². The first-order valence-electron chi connectivity index (χ1n) is 7.38. The molecule has 3 aliphatic rings. The van der Waals surface area contributed by atoms with E-state index in [0.717, 1.165) is 30.4 Å². The molecule has 2 bridgehead atoms. The smallest absolute Gasteiger partial charge is 0.275 e. The zero-order valence-electron chi connectivity index (χ0n) is 12.0. The van der Waals surface area contributed by atoms with Gasteiger partial charge in [0.2, 0.25) is 0 Å². The monoisotopic (exact) mass is 285 g/mol. The number of benzene rings is 1. The van der Waals surface area contributed by atoms with E-state index in [1.54, 1.807) is 0 Å². The van der Waals surface area contributed by atoms with Crippen LogP contribution in [0.15, 0.2) is 18.2 Å². The Balaban J connectivity index is 1.69. The summed E-state index contributed by atoms with van der Waals surface area (Å²) in [6.45, 7) is 1.76. The van der Waals surface area contributed by atoms with Gasteiger partial charge in [0, 0.05) is 36.2 Å². The first kappa shape index (κ1) is 12.6. The Hall–Kier alpha value is -2.08. The van der Waals surface area contributed by atoms with E-state index < -0.39 is 0 Å². The van der Waals surface area contributed by atoms with Crippen LogP contribution in [0.3, 0.4) is 0 Å². The molecule has 4 heterocycles. The van der Waals surface area contributed by atoms with Gasteiger partial charge < -0.3 is 10.6 Å². The summed E-state index contributed by atoms with van der Waals surface area (Å²) in [6, 6.07) is 6.28. The Morgan fingerprint density at radius 1 is 1.33 bits per heavy atom. The summed E-state index contributed by atoms with van der Waals surface area (Å²) < 4.78 is 0. The van der Waals surface area contributed by atoms with E-state index >= 15 is 0 Å². The number of carbonyl (C=O) groups is 1. The molecule has 110 valence electrons. The molecule has 0 spiro atoms. The Kier molecular flexibility index (Phi) is 2.68. The molecule has 6 nitrogen and oxygen atoms in total. The van der Waals surface area contributed by atoms with Crippen molar-refractivity contribution < 1.29 is 4.79 Å². The fraction of sp³-hybridized carbons (Fsp3) is 0.467. The molecule has 0 aliphatic carbocycles. The number of nitrogen functional groups attached to an aromatic ring is 1. The van der Waals surface area contributed by atoms with Crippen molar-refractivity contribution in [3.8, 4) is 0 Å². The maximum absolute atomic E-state index is 12.9. The van der Waals surface area contributed by atoms with E-state index in [-0.39, 0.29) is 5.91 Å². The number of nitrogens with one attached hydrogen (secondary N) is 1. The average Bonchev–Trinajstić information content (AvgIpc) is 2.90. The number of H-pyrrole nitrogens is 1. The molecule has 1 aromatic heterocycles. The molecule has 0 saturated carbocycles. The number of piperazine rings is 1. The quantitative estimate of drug-likeness (QED) is 0.768. The van der Waals surface area contributed by atoms with Crippen molar-refractivity contribution in [1.82, 2.24) is 20.0 Å². The van der Waals surface area contributed by atoms with Gasteiger partial charge in [-0.1, -0.05) is 0 Å². The van der Waals surface area contributed by atoms with Gasteiger partial charge in [-0.2, -0.15) is 5.10 Å². The highest BCUT2D eigenvalue weighted by Gasteiger charge is 2.40. The second-order valence-electron chi connectivity index (χ2n) is 6.16. The topological polar surface area (TPSA) is 78.2 Å². The number of piperidine rings is 2. The molecule has 0 radical (unpaired) electrons. The highest BCUT2D eigenvalue weighted by atomic mass is 16.2. The molecular formula is C15H19N5O. The van der Waals surface area contributed by atoms with Crippen LogP contribution in [0.25, 0.3) is 10.9 Å². The van der Waals surface area contributed by atoms with Crippen LogP contribution in [0.2, 0.25) is 0 Å². The lowest BCUT2D eigenvalue weighted by Gasteiger charge is -2.50. The number of anilines is 1. The molecule has 3 aliphatic heterocycles. The minimum absolute atomic E-state index is 0.0228. The van der Waals surface area contributed by atoms with Gasteiger partial charge >= 0.3 is 0 Å². The van der Waals surface area contributed by atoms with Crippen LogP contribution in [-0.4, -0.2) is 58.1 Å². The summed E-state index contributed by atoms with van der Waals surface area (Å²) in [5.74, 6) is 0.0228. The summed E-state index contributed by atoms with van der Waals surface area (Å²) in [5.41, 5.74) is 7.83. The zero-order valence-corrected chi connectivity index (χ0v) is 12.0. The summed E-state index contributed by atoms with van der Waals surface area (Å²) in [4.78, 5) is 17.2. The number of amides is 1. The third-order valence-corrected chi connectivity index (χ3v) is 4.85. The number of carbonyl (C=O) groups excluding carboxylic acids is 1. The van der Waals surface area contributed by atoms with Crippen LogP contribution >= 0.6 is 0 Å². The maximum Gasteiger partial charge on any atom is 0.275 e. The minimum atomic E-state index is 0.0228.